The van der Waals surface area contributed by atoms with Crippen LogP contribution < -0.4 is 10.6 Å². The molecule has 2 saturated carbocycles. The van der Waals surface area contributed by atoms with E-state index in [0.29, 0.717) is 17.2 Å². The molecule has 100 valence electrons. The Morgan fingerprint density at radius 1 is 1.16 bits per heavy atom. The Morgan fingerprint density at radius 3 is 2.63 bits per heavy atom. The highest BCUT2D eigenvalue weighted by atomic mass is 16.2. The molecule has 0 atom stereocenters. The normalized spacial score (nSPS) is 17.9. The maximum atomic E-state index is 11.9. The molecule has 2 aliphatic rings. The molecule has 0 bridgehead atoms. The topological polar surface area (TPSA) is 58.2 Å². The minimum Gasteiger partial charge on any atom is -0.352 e. The highest BCUT2D eigenvalue weighted by molar-refractivity contribution is 5.98. The Balaban J connectivity index is 1.60. The van der Waals surface area contributed by atoms with E-state index >= 15 is 0 Å². The monoisotopic (exact) mass is 258 g/mol. The molecular formula is C15H18N2O2. The van der Waals surface area contributed by atoms with Gasteiger partial charge in [-0.3, -0.25) is 9.59 Å². The van der Waals surface area contributed by atoms with Crippen LogP contribution in [-0.4, -0.2) is 18.4 Å². The van der Waals surface area contributed by atoms with E-state index in [4.69, 9.17) is 0 Å². The lowest BCUT2D eigenvalue weighted by Gasteiger charge is -2.07. The highest BCUT2D eigenvalue weighted by Crippen LogP contribution is 2.30. The summed E-state index contributed by atoms with van der Waals surface area (Å²) in [6.45, 7) is 0.761. The second-order valence-electron chi connectivity index (χ2n) is 5.50. The van der Waals surface area contributed by atoms with E-state index in [1.165, 1.54) is 12.8 Å². The molecule has 1 aromatic rings. The SMILES string of the molecule is O=C(NCC1CC1)c1cccc(NC(=O)C2CC2)c1. The molecule has 0 radical (unpaired) electrons. The maximum absolute atomic E-state index is 11.9. The van der Waals surface area contributed by atoms with Crippen molar-refractivity contribution in [3.8, 4) is 0 Å². The van der Waals surface area contributed by atoms with Gasteiger partial charge in [0.1, 0.15) is 0 Å². The molecule has 0 heterocycles. The molecule has 0 spiro atoms. The molecule has 0 unspecified atom stereocenters. The Hall–Kier alpha value is -1.84. The zero-order valence-electron chi connectivity index (χ0n) is 10.8. The summed E-state index contributed by atoms with van der Waals surface area (Å²) in [5.74, 6) is 0.846. The molecule has 4 nitrogen and oxygen atoms in total. The summed E-state index contributed by atoms with van der Waals surface area (Å²) in [5.41, 5.74) is 1.31. The fourth-order valence-corrected chi connectivity index (χ4v) is 1.99. The van der Waals surface area contributed by atoms with Crippen LogP contribution in [0.3, 0.4) is 0 Å². The van der Waals surface area contributed by atoms with Gasteiger partial charge in [-0.1, -0.05) is 6.07 Å². The summed E-state index contributed by atoms with van der Waals surface area (Å²) in [7, 11) is 0. The van der Waals surface area contributed by atoms with Gasteiger partial charge in [-0.25, -0.2) is 0 Å². The zero-order chi connectivity index (χ0) is 13.2. The number of hydrogen-bond donors (Lipinski definition) is 2. The van der Waals surface area contributed by atoms with Gasteiger partial charge in [0.25, 0.3) is 5.91 Å². The van der Waals surface area contributed by atoms with Crippen LogP contribution in [0.5, 0.6) is 0 Å². The van der Waals surface area contributed by atoms with E-state index in [0.717, 1.165) is 19.4 Å². The van der Waals surface area contributed by atoms with E-state index in [2.05, 4.69) is 10.6 Å². The van der Waals surface area contributed by atoms with Crippen LogP contribution in [0.15, 0.2) is 24.3 Å². The van der Waals surface area contributed by atoms with Gasteiger partial charge in [0.05, 0.1) is 0 Å². The minimum absolute atomic E-state index is 0.0607. The number of hydrogen-bond acceptors (Lipinski definition) is 2. The predicted molar refractivity (Wildman–Crippen MR) is 72.9 cm³/mol. The largest absolute Gasteiger partial charge is 0.352 e. The number of amides is 2. The summed E-state index contributed by atoms with van der Waals surface area (Å²) >= 11 is 0. The molecule has 2 aliphatic carbocycles. The van der Waals surface area contributed by atoms with E-state index < -0.39 is 0 Å². The molecule has 2 fully saturated rings. The Morgan fingerprint density at radius 2 is 1.95 bits per heavy atom. The first-order chi connectivity index (χ1) is 9.22. The van der Waals surface area contributed by atoms with Crippen LogP contribution in [0.4, 0.5) is 5.69 Å². The molecule has 0 saturated heterocycles. The van der Waals surface area contributed by atoms with Gasteiger partial charge in [-0.15, -0.1) is 0 Å². The van der Waals surface area contributed by atoms with Gasteiger partial charge in [0, 0.05) is 23.7 Å². The number of carbonyl (C=O) groups excluding carboxylic acids is 2. The number of carbonyl (C=O) groups is 2. The second kappa shape index (κ2) is 5.03. The summed E-state index contributed by atoms with van der Waals surface area (Å²) in [5, 5.41) is 5.78. The molecule has 19 heavy (non-hydrogen) atoms. The standard InChI is InChI=1S/C15H18N2O2/c18-14(16-9-10-4-5-10)12-2-1-3-13(8-12)17-15(19)11-6-7-11/h1-3,8,10-11H,4-7,9H2,(H,16,18)(H,17,19). The van der Waals surface area contributed by atoms with Crippen LogP contribution in [0.25, 0.3) is 0 Å². The Labute approximate surface area is 112 Å². The van der Waals surface area contributed by atoms with Crippen molar-refractivity contribution in [1.29, 1.82) is 0 Å². The molecule has 4 heteroatoms. The maximum Gasteiger partial charge on any atom is 0.251 e. The van der Waals surface area contributed by atoms with E-state index in [9.17, 15) is 9.59 Å². The molecular weight excluding hydrogens is 240 g/mol. The first-order valence-corrected chi connectivity index (χ1v) is 6.91. The van der Waals surface area contributed by atoms with Crippen molar-refractivity contribution in [1.82, 2.24) is 5.32 Å². The van der Waals surface area contributed by atoms with Crippen molar-refractivity contribution in [3.63, 3.8) is 0 Å². The Bertz CT molecular complexity index is 505. The molecule has 3 rings (SSSR count). The third-order valence-electron chi connectivity index (χ3n) is 3.59. The van der Waals surface area contributed by atoms with Gasteiger partial charge >= 0.3 is 0 Å². The summed E-state index contributed by atoms with van der Waals surface area (Å²) < 4.78 is 0. The summed E-state index contributed by atoms with van der Waals surface area (Å²) in [6.07, 6.45) is 4.40. The van der Waals surface area contributed by atoms with Crippen molar-refractivity contribution in [2.75, 3.05) is 11.9 Å². The van der Waals surface area contributed by atoms with Gasteiger partial charge in [-0.05, 0) is 49.8 Å². The quantitative estimate of drug-likeness (QED) is 0.850. The van der Waals surface area contributed by atoms with E-state index in [1.807, 2.05) is 6.07 Å². The average molecular weight is 258 g/mol. The summed E-state index contributed by atoms with van der Waals surface area (Å²) in [6, 6.07) is 7.13. The van der Waals surface area contributed by atoms with Crippen molar-refractivity contribution in [2.45, 2.75) is 25.7 Å². The van der Waals surface area contributed by atoms with Crippen LogP contribution in [-0.2, 0) is 4.79 Å². The first-order valence-electron chi connectivity index (χ1n) is 6.91. The van der Waals surface area contributed by atoms with Gasteiger partial charge < -0.3 is 10.6 Å². The third kappa shape index (κ3) is 3.34. The van der Waals surface area contributed by atoms with Gasteiger partial charge in [0.2, 0.25) is 5.91 Å². The van der Waals surface area contributed by atoms with Gasteiger partial charge in [0.15, 0.2) is 0 Å². The Kier molecular flexibility index (Phi) is 3.23. The number of benzene rings is 1. The fraction of sp³-hybridized carbons (Fsp3) is 0.467. The van der Waals surface area contributed by atoms with Crippen molar-refractivity contribution in [3.05, 3.63) is 29.8 Å². The first kappa shape index (κ1) is 12.2. The van der Waals surface area contributed by atoms with E-state index in [1.54, 1.807) is 18.2 Å². The highest BCUT2D eigenvalue weighted by Gasteiger charge is 2.29. The third-order valence-corrected chi connectivity index (χ3v) is 3.59. The molecule has 0 aliphatic heterocycles. The van der Waals surface area contributed by atoms with Gasteiger partial charge in [-0.2, -0.15) is 0 Å². The predicted octanol–water partition coefficient (Wildman–Crippen LogP) is 2.17. The lowest BCUT2D eigenvalue weighted by atomic mass is 10.2. The van der Waals surface area contributed by atoms with Crippen molar-refractivity contribution >= 4 is 17.5 Å². The zero-order valence-corrected chi connectivity index (χ0v) is 10.8. The molecule has 0 aromatic heterocycles. The van der Waals surface area contributed by atoms with E-state index in [-0.39, 0.29) is 17.7 Å². The second-order valence-corrected chi connectivity index (χ2v) is 5.50. The van der Waals surface area contributed by atoms with Crippen LogP contribution in [0.2, 0.25) is 0 Å². The smallest absolute Gasteiger partial charge is 0.251 e. The molecule has 1 aromatic carbocycles. The van der Waals surface area contributed by atoms with Crippen molar-refractivity contribution < 1.29 is 9.59 Å². The summed E-state index contributed by atoms with van der Waals surface area (Å²) in [4.78, 5) is 23.6. The number of rotatable bonds is 5. The number of anilines is 1. The van der Waals surface area contributed by atoms with Crippen LogP contribution in [0, 0.1) is 11.8 Å². The average Bonchev–Trinajstić information content (AvgIpc) is 3.30. The van der Waals surface area contributed by atoms with Crippen LogP contribution >= 0.6 is 0 Å². The van der Waals surface area contributed by atoms with Crippen molar-refractivity contribution in [2.24, 2.45) is 11.8 Å². The minimum atomic E-state index is -0.0607. The van der Waals surface area contributed by atoms with Crippen LogP contribution in [0.1, 0.15) is 36.0 Å². The molecule has 2 N–H and O–H groups in total. The lowest BCUT2D eigenvalue weighted by Crippen LogP contribution is -2.25. The fourth-order valence-electron chi connectivity index (χ4n) is 1.99. The lowest BCUT2D eigenvalue weighted by molar-refractivity contribution is -0.117. The molecule has 2 amide bonds. The number of nitrogens with one attached hydrogen (secondary N) is 2.